The molecule has 0 aliphatic heterocycles. The Morgan fingerprint density at radius 3 is 2.71 bits per heavy atom. The largest absolute Gasteiger partial charge is 0.309 e. The SMILES string of the molecule is CNC(c1cc(Br)ccc1F)c1cccc2nccnc12. The maximum atomic E-state index is 14.2. The normalized spacial score (nSPS) is 12.5. The molecule has 2 aromatic carbocycles. The fourth-order valence-corrected chi connectivity index (χ4v) is 2.84. The van der Waals surface area contributed by atoms with Crippen molar-refractivity contribution in [1.29, 1.82) is 0 Å². The summed E-state index contributed by atoms with van der Waals surface area (Å²) >= 11 is 3.39. The van der Waals surface area contributed by atoms with Gasteiger partial charge in [-0.2, -0.15) is 0 Å². The third-order valence-electron chi connectivity index (χ3n) is 3.40. The van der Waals surface area contributed by atoms with Crippen LogP contribution in [0.5, 0.6) is 0 Å². The monoisotopic (exact) mass is 345 g/mol. The van der Waals surface area contributed by atoms with Gasteiger partial charge in [-0.05, 0) is 31.3 Å². The average molecular weight is 346 g/mol. The fourth-order valence-electron chi connectivity index (χ4n) is 2.46. The molecule has 0 saturated heterocycles. The van der Waals surface area contributed by atoms with Gasteiger partial charge in [-0.15, -0.1) is 0 Å². The lowest BCUT2D eigenvalue weighted by atomic mass is 9.97. The van der Waals surface area contributed by atoms with Gasteiger partial charge in [0, 0.05) is 28.0 Å². The first kappa shape index (κ1) is 14.1. The van der Waals surface area contributed by atoms with Crippen LogP contribution in [0, 0.1) is 5.82 Å². The number of fused-ring (bicyclic) bond motifs is 1. The molecule has 0 radical (unpaired) electrons. The molecule has 5 heteroatoms. The second-order valence-corrected chi connectivity index (χ2v) is 5.57. The van der Waals surface area contributed by atoms with Crippen molar-refractivity contribution in [3.05, 3.63) is 70.2 Å². The second-order valence-electron chi connectivity index (χ2n) is 4.66. The first-order valence-electron chi connectivity index (χ1n) is 6.52. The molecule has 1 N–H and O–H groups in total. The molecule has 3 nitrogen and oxygen atoms in total. The van der Waals surface area contributed by atoms with Crippen LogP contribution in [0.1, 0.15) is 17.2 Å². The first-order chi connectivity index (χ1) is 10.2. The van der Waals surface area contributed by atoms with Crippen LogP contribution in [0.15, 0.2) is 53.3 Å². The molecule has 3 rings (SSSR count). The number of para-hydroxylation sites is 1. The molecule has 1 heterocycles. The van der Waals surface area contributed by atoms with E-state index >= 15 is 0 Å². The topological polar surface area (TPSA) is 37.8 Å². The zero-order chi connectivity index (χ0) is 14.8. The van der Waals surface area contributed by atoms with Crippen molar-refractivity contribution in [2.24, 2.45) is 0 Å². The number of benzene rings is 2. The summed E-state index contributed by atoms with van der Waals surface area (Å²) in [5.41, 5.74) is 3.05. The van der Waals surface area contributed by atoms with E-state index in [9.17, 15) is 4.39 Å². The van der Waals surface area contributed by atoms with E-state index in [0.717, 1.165) is 21.1 Å². The number of hydrogen-bond donors (Lipinski definition) is 1. The molecule has 0 aliphatic carbocycles. The van der Waals surface area contributed by atoms with Crippen LogP contribution < -0.4 is 5.32 Å². The molecule has 1 atom stereocenters. The minimum Gasteiger partial charge on any atom is -0.309 e. The summed E-state index contributed by atoms with van der Waals surface area (Å²) in [5.74, 6) is -0.251. The van der Waals surface area contributed by atoms with Crippen molar-refractivity contribution < 1.29 is 4.39 Å². The number of nitrogens with one attached hydrogen (secondary N) is 1. The van der Waals surface area contributed by atoms with E-state index in [-0.39, 0.29) is 11.9 Å². The Morgan fingerprint density at radius 1 is 1.10 bits per heavy atom. The van der Waals surface area contributed by atoms with Crippen molar-refractivity contribution in [3.63, 3.8) is 0 Å². The Balaban J connectivity index is 2.21. The second kappa shape index (κ2) is 5.87. The Kier molecular flexibility index (Phi) is 3.94. The highest BCUT2D eigenvalue weighted by atomic mass is 79.9. The summed E-state index contributed by atoms with van der Waals surface area (Å²) < 4.78 is 15.0. The predicted molar refractivity (Wildman–Crippen MR) is 84.5 cm³/mol. The van der Waals surface area contributed by atoms with E-state index in [0.29, 0.717) is 5.56 Å². The lowest BCUT2D eigenvalue weighted by molar-refractivity contribution is 0.577. The highest BCUT2D eigenvalue weighted by Crippen LogP contribution is 2.30. The number of halogens is 2. The molecular weight excluding hydrogens is 333 g/mol. The van der Waals surface area contributed by atoms with Crippen LogP contribution in [0.4, 0.5) is 4.39 Å². The van der Waals surface area contributed by atoms with Gasteiger partial charge >= 0.3 is 0 Å². The van der Waals surface area contributed by atoms with Crippen molar-refractivity contribution in [1.82, 2.24) is 15.3 Å². The van der Waals surface area contributed by atoms with Crippen LogP contribution in [0.3, 0.4) is 0 Å². The Morgan fingerprint density at radius 2 is 1.90 bits per heavy atom. The maximum absolute atomic E-state index is 14.2. The molecular formula is C16H13BrFN3. The smallest absolute Gasteiger partial charge is 0.128 e. The Bertz CT molecular complexity index is 786. The zero-order valence-electron chi connectivity index (χ0n) is 11.3. The molecule has 0 saturated carbocycles. The van der Waals surface area contributed by atoms with Crippen molar-refractivity contribution >= 4 is 27.0 Å². The third kappa shape index (κ3) is 2.66. The van der Waals surface area contributed by atoms with Gasteiger partial charge in [0.2, 0.25) is 0 Å². The van der Waals surface area contributed by atoms with Crippen LogP contribution in [-0.4, -0.2) is 17.0 Å². The number of nitrogens with zero attached hydrogens (tertiary/aromatic N) is 2. The standard InChI is InChI=1S/C16H13BrFN3/c1-19-15(12-9-10(17)5-6-13(12)18)11-3-2-4-14-16(11)21-8-7-20-14/h2-9,15,19H,1H3. The molecule has 0 bridgehead atoms. The van der Waals surface area contributed by atoms with Crippen LogP contribution in [0.25, 0.3) is 11.0 Å². The summed E-state index contributed by atoms with van der Waals surface area (Å²) in [6.07, 6.45) is 3.30. The first-order valence-corrected chi connectivity index (χ1v) is 7.32. The minimum atomic E-state index is -0.289. The summed E-state index contributed by atoms with van der Waals surface area (Å²) in [7, 11) is 1.81. The van der Waals surface area contributed by atoms with Crippen molar-refractivity contribution in [2.75, 3.05) is 7.05 Å². The van der Waals surface area contributed by atoms with E-state index in [2.05, 4.69) is 31.2 Å². The van der Waals surface area contributed by atoms with Crippen LogP contribution in [0.2, 0.25) is 0 Å². The summed E-state index contributed by atoms with van der Waals surface area (Å²) in [6, 6.07) is 10.4. The van der Waals surface area contributed by atoms with Gasteiger partial charge in [-0.3, -0.25) is 9.97 Å². The van der Waals surface area contributed by atoms with E-state index < -0.39 is 0 Å². The van der Waals surface area contributed by atoms with E-state index in [1.165, 1.54) is 6.07 Å². The van der Waals surface area contributed by atoms with Crippen LogP contribution in [-0.2, 0) is 0 Å². The quantitative estimate of drug-likeness (QED) is 0.783. The number of rotatable bonds is 3. The zero-order valence-corrected chi connectivity index (χ0v) is 12.9. The minimum absolute atomic E-state index is 0.251. The molecule has 0 fully saturated rings. The molecule has 3 aromatic rings. The van der Waals surface area contributed by atoms with Crippen molar-refractivity contribution in [2.45, 2.75) is 6.04 Å². The highest BCUT2D eigenvalue weighted by Gasteiger charge is 2.19. The van der Waals surface area contributed by atoms with Gasteiger partial charge < -0.3 is 5.32 Å². The average Bonchev–Trinajstić information content (AvgIpc) is 2.51. The van der Waals surface area contributed by atoms with Gasteiger partial charge in [0.25, 0.3) is 0 Å². The molecule has 1 unspecified atom stereocenters. The number of aromatic nitrogens is 2. The fraction of sp³-hybridized carbons (Fsp3) is 0.125. The molecule has 0 amide bonds. The molecule has 0 aliphatic rings. The molecule has 1 aromatic heterocycles. The van der Waals surface area contributed by atoms with E-state index in [4.69, 9.17) is 0 Å². The molecule has 21 heavy (non-hydrogen) atoms. The van der Waals surface area contributed by atoms with E-state index in [1.54, 1.807) is 31.6 Å². The lowest BCUT2D eigenvalue weighted by Gasteiger charge is -2.19. The van der Waals surface area contributed by atoms with Gasteiger partial charge in [0.05, 0.1) is 17.1 Å². The summed E-state index contributed by atoms with van der Waals surface area (Å²) in [5, 5.41) is 3.17. The third-order valence-corrected chi connectivity index (χ3v) is 3.89. The molecule has 106 valence electrons. The summed E-state index contributed by atoms with van der Waals surface area (Å²) in [4.78, 5) is 8.69. The van der Waals surface area contributed by atoms with Crippen LogP contribution >= 0.6 is 15.9 Å². The van der Waals surface area contributed by atoms with E-state index in [1.807, 2.05) is 18.2 Å². The Hall–Kier alpha value is -1.85. The van der Waals surface area contributed by atoms with Gasteiger partial charge in [0.1, 0.15) is 5.82 Å². The highest BCUT2D eigenvalue weighted by molar-refractivity contribution is 9.10. The maximum Gasteiger partial charge on any atom is 0.128 e. The Labute approximate surface area is 130 Å². The number of hydrogen-bond acceptors (Lipinski definition) is 3. The van der Waals surface area contributed by atoms with Gasteiger partial charge in [-0.25, -0.2) is 4.39 Å². The predicted octanol–water partition coefficient (Wildman–Crippen LogP) is 3.84. The lowest BCUT2D eigenvalue weighted by Crippen LogP contribution is -2.19. The van der Waals surface area contributed by atoms with Crippen molar-refractivity contribution in [3.8, 4) is 0 Å². The summed E-state index contributed by atoms with van der Waals surface area (Å²) in [6.45, 7) is 0. The van der Waals surface area contributed by atoms with Gasteiger partial charge in [-0.1, -0.05) is 28.1 Å². The van der Waals surface area contributed by atoms with Gasteiger partial charge in [0.15, 0.2) is 0 Å². The molecule has 0 spiro atoms.